The summed E-state index contributed by atoms with van der Waals surface area (Å²) < 4.78 is 25.7. The number of allylic oxidation sites excluding steroid dienone is 4. The van der Waals surface area contributed by atoms with Gasteiger partial charge in [0.05, 0.1) is 0 Å². The molecule has 4 heteroatoms. The van der Waals surface area contributed by atoms with E-state index in [1.54, 1.807) is 0 Å². The number of hydrogen-bond donors (Lipinski definition) is 1. The van der Waals surface area contributed by atoms with Gasteiger partial charge in [0.1, 0.15) is 0 Å². The average molecular weight is 201 g/mol. The average Bonchev–Trinajstić information content (AvgIpc) is 2.10. The van der Waals surface area contributed by atoms with Crippen molar-refractivity contribution in [3.63, 3.8) is 0 Å². The summed E-state index contributed by atoms with van der Waals surface area (Å²) in [4.78, 5) is 10.1. The quantitative estimate of drug-likeness (QED) is 0.537. The minimum Gasteiger partial charge on any atom is -0.329 e. The summed E-state index contributed by atoms with van der Waals surface area (Å²) in [6.07, 6.45) is 4.18. The highest BCUT2D eigenvalue weighted by Crippen LogP contribution is 2.24. The first-order chi connectivity index (χ1) is 6.45. The first-order valence-corrected chi connectivity index (χ1v) is 4.04. The van der Waals surface area contributed by atoms with Gasteiger partial charge < -0.3 is 5.32 Å². The van der Waals surface area contributed by atoms with E-state index in [2.05, 4.69) is 11.9 Å². The van der Waals surface area contributed by atoms with Gasteiger partial charge in [0.2, 0.25) is 6.41 Å². The molecule has 14 heavy (non-hydrogen) atoms. The highest BCUT2D eigenvalue weighted by atomic mass is 19.3. The lowest BCUT2D eigenvalue weighted by atomic mass is 10.1. The summed E-state index contributed by atoms with van der Waals surface area (Å²) in [6.45, 7) is 5.68. The van der Waals surface area contributed by atoms with Crippen LogP contribution in [0.5, 0.6) is 0 Å². The van der Waals surface area contributed by atoms with E-state index in [-0.39, 0.29) is 11.3 Å². The lowest BCUT2D eigenvalue weighted by Gasteiger charge is -2.12. The van der Waals surface area contributed by atoms with Crippen LogP contribution < -0.4 is 5.32 Å². The number of nitrogens with one attached hydrogen (secondary N) is 1. The van der Waals surface area contributed by atoms with Crippen LogP contribution in [0, 0.1) is 0 Å². The Kier molecular flexibility index (Phi) is 4.77. The molecule has 0 spiro atoms. The molecule has 0 bridgehead atoms. The first kappa shape index (κ1) is 12.6. The fourth-order valence-electron chi connectivity index (χ4n) is 0.859. The Hall–Kier alpha value is -1.45. The van der Waals surface area contributed by atoms with Crippen molar-refractivity contribution >= 4 is 6.41 Å². The van der Waals surface area contributed by atoms with Crippen LogP contribution in [0.1, 0.15) is 13.8 Å². The molecule has 0 aromatic heterocycles. The van der Waals surface area contributed by atoms with Crippen LogP contribution in [0.15, 0.2) is 36.1 Å². The molecule has 1 N–H and O–H groups in total. The van der Waals surface area contributed by atoms with Crippen LogP contribution in [0.3, 0.4) is 0 Å². The molecule has 0 unspecified atom stereocenters. The lowest BCUT2D eigenvalue weighted by Crippen LogP contribution is -2.15. The maximum atomic E-state index is 12.9. The molecule has 1 amide bonds. The minimum atomic E-state index is -2.92. The van der Waals surface area contributed by atoms with E-state index in [4.69, 9.17) is 0 Å². The van der Waals surface area contributed by atoms with Crippen LogP contribution in [0.2, 0.25) is 0 Å². The fraction of sp³-hybridized carbons (Fsp3) is 0.300. The molecule has 2 nitrogen and oxygen atoms in total. The van der Waals surface area contributed by atoms with E-state index in [1.165, 1.54) is 25.2 Å². The molecule has 78 valence electrons. The van der Waals surface area contributed by atoms with Gasteiger partial charge in [0, 0.05) is 18.2 Å². The van der Waals surface area contributed by atoms with Crippen LogP contribution >= 0.6 is 0 Å². The third-order valence-electron chi connectivity index (χ3n) is 1.57. The molecule has 0 radical (unpaired) electrons. The van der Waals surface area contributed by atoms with Gasteiger partial charge in [-0.1, -0.05) is 12.7 Å². The Morgan fingerprint density at radius 3 is 2.36 bits per heavy atom. The molecular formula is C10H13F2NO. The fourth-order valence-corrected chi connectivity index (χ4v) is 0.859. The predicted molar refractivity (Wildman–Crippen MR) is 51.9 cm³/mol. The maximum absolute atomic E-state index is 12.9. The first-order valence-electron chi connectivity index (χ1n) is 4.04. The van der Waals surface area contributed by atoms with Crippen molar-refractivity contribution in [1.29, 1.82) is 0 Å². The number of amides is 1. The third kappa shape index (κ3) is 3.98. The van der Waals surface area contributed by atoms with Crippen LogP contribution in [-0.4, -0.2) is 12.3 Å². The molecule has 0 heterocycles. The molecule has 0 fully saturated rings. The topological polar surface area (TPSA) is 29.1 Å². The summed E-state index contributed by atoms with van der Waals surface area (Å²) in [5.74, 6) is -2.92. The van der Waals surface area contributed by atoms with Gasteiger partial charge in [-0.05, 0) is 19.1 Å². The predicted octanol–water partition coefficient (Wildman–Crippen LogP) is 2.40. The standard InChI is InChI=1S/C10H13F2NO/c1-4-8(10(3,11)12)6-9(5-2)13-7-14/h4-7H,2H2,1,3H3,(H,13,14)/b8-4+,9-6+. The summed E-state index contributed by atoms with van der Waals surface area (Å²) in [7, 11) is 0. The summed E-state index contributed by atoms with van der Waals surface area (Å²) in [6, 6.07) is 0. The molecule has 0 atom stereocenters. The normalized spacial score (nSPS) is 13.7. The molecule has 0 rings (SSSR count). The van der Waals surface area contributed by atoms with E-state index < -0.39 is 5.92 Å². The molecule has 0 aliphatic carbocycles. The van der Waals surface area contributed by atoms with Gasteiger partial charge in [-0.2, -0.15) is 0 Å². The highest BCUT2D eigenvalue weighted by Gasteiger charge is 2.25. The minimum absolute atomic E-state index is 0.165. The van der Waals surface area contributed by atoms with Crippen LogP contribution in [-0.2, 0) is 4.79 Å². The van der Waals surface area contributed by atoms with Gasteiger partial charge in [-0.25, -0.2) is 8.78 Å². The van der Waals surface area contributed by atoms with Crippen molar-refractivity contribution in [2.75, 3.05) is 0 Å². The van der Waals surface area contributed by atoms with Crippen molar-refractivity contribution in [1.82, 2.24) is 5.32 Å². The molecule has 0 aliphatic rings. The van der Waals surface area contributed by atoms with Gasteiger partial charge in [-0.3, -0.25) is 4.79 Å². The zero-order valence-corrected chi connectivity index (χ0v) is 8.18. The van der Waals surface area contributed by atoms with Crippen LogP contribution in [0.25, 0.3) is 0 Å². The Labute approximate surface area is 82.0 Å². The molecular weight excluding hydrogens is 188 g/mol. The molecule has 0 aliphatic heterocycles. The van der Waals surface area contributed by atoms with Gasteiger partial charge in [0.25, 0.3) is 5.92 Å². The maximum Gasteiger partial charge on any atom is 0.270 e. The van der Waals surface area contributed by atoms with Crippen molar-refractivity contribution in [2.45, 2.75) is 19.8 Å². The molecule has 0 saturated carbocycles. The number of hydrogen-bond acceptors (Lipinski definition) is 1. The number of rotatable bonds is 5. The zero-order valence-electron chi connectivity index (χ0n) is 8.18. The van der Waals surface area contributed by atoms with Crippen molar-refractivity contribution in [3.05, 3.63) is 36.1 Å². The van der Waals surface area contributed by atoms with Crippen LogP contribution in [0.4, 0.5) is 8.78 Å². The molecule has 0 saturated heterocycles. The number of carbonyl (C=O) groups is 1. The highest BCUT2D eigenvalue weighted by molar-refractivity contribution is 5.52. The van der Waals surface area contributed by atoms with E-state index in [0.717, 1.165) is 6.92 Å². The van der Waals surface area contributed by atoms with E-state index >= 15 is 0 Å². The zero-order chi connectivity index (χ0) is 11.2. The second-order valence-electron chi connectivity index (χ2n) is 2.70. The van der Waals surface area contributed by atoms with E-state index in [0.29, 0.717) is 6.41 Å². The number of alkyl halides is 2. The largest absolute Gasteiger partial charge is 0.329 e. The molecule has 0 aromatic carbocycles. The van der Waals surface area contributed by atoms with E-state index in [9.17, 15) is 13.6 Å². The Morgan fingerprint density at radius 2 is 2.07 bits per heavy atom. The van der Waals surface area contributed by atoms with Gasteiger partial charge >= 0.3 is 0 Å². The number of carbonyl (C=O) groups excluding carboxylic acids is 1. The second kappa shape index (κ2) is 5.32. The molecule has 0 aromatic rings. The van der Waals surface area contributed by atoms with Crippen molar-refractivity contribution < 1.29 is 13.6 Å². The monoisotopic (exact) mass is 201 g/mol. The summed E-state index contributed by atoms with van der Waals surface area (Å²) in [5.41, 5.74) is 0.0800. The Bertz CT molecular complexity index is 274. The summed E-state index contributed by atoms with van der Waals surface area (Å²) >= 11 is 0. The Balaban J connectivity index is 4.90. The second-order valence-corrected chi connectivity index (χ2v) is 2.70. The lowest BCUT2D eigenvalue weighted by molar-refractivity contribution is -0.108. The van der Waals surface area contributed by atoms with Gasteiger partial charge in [-0.15, -0.1) is 0 Å². The van der Waals surface area contributed by atoms with E-state index in [1.807, 2.05) is 0 Å². The SMILES string of the molecule is C=C/C(=C\C(=C/C)C(C)(F)F)NC=O. The number of halogens is 2. The van der Waals surface area contributed by atoms with Crippen molar-refractivity contribution in [3.8, 4) is 0 Å². The van der Waals surface area contributed by atoms with Gasteiger partial charge in [0.15, 0.2) is 0 Å². The summed E-state index contributed by atoms with van der Waals surface area (Å²) in [5, 5.41) is 2.26. The smallest absolute Gasteiger partial charge is 0.270 e. The Morgan fingerprint density at radius 1 is 1.50 bits per heavy atom. The van der Waals surface area contributed by atoms with Crippen molar-refractivity contribution in [2.24, 2.45) is 0 Å². The third-order valence-corrected chi connectivity index (χ3v) is 1.57.